The Morgan fingerprint density at radius 3 is 1.61 bits per heavy atom. The summed E-state index contributed by atoms with van der Waals surface area (Å²) in [6.45, 7) is 0. The van der Waals surface area contributed by atoms with E-state index in [-0.39, 0.29) is 36.4 Å². The molecule has 2 aliphatic carbocycles. The lowest BCUT2D eigenvalue weighted by atomic mass is 9.56. The molecule has 3 fully saturated rings. The molecule has 4 amide bonds. The minimum atomic E-state index is -1.24. The van der Waals surface area contributed by atoms with Gasteiger partial charge in [0.1, 0.15) is 11.5 Å². The monoisotopic (exact) mass is 838 g/mol. The molecule has 0 aromatic heterocycles. The van der Waals surface area contributed by atoms with Gasteiger partial charge >= 0.3 is 22.7 Å². The minimum absolute atomic E-state index is 0.0623. The molecule has 22 heteroatoms. The van der Waals surface area contributed by atoms with E-state index in [1.807, 2.05) is 0 Å². The van der Waals surface area contributed by atoms with Crippen LogP contribution in [-0.4, -0.2) is 76.6 Å². The minimum Gasteiger partial charge on any atom is -0.508 e. The predicted octanol–water partition coefficient (Wildman–Crippen LogP) is 4.55. The van der Waals surface area contributed by atoms with Crippen molar-refractivity contribution in [2.45, 2.75) is 19.3 Å². The summed E-state index contributed by atoms with van der Waals surface area (Å²) in [4.78, 5) is 107. The number of carbonyl (C=O) groups is 4. The average Bonchev–Trinajstić information content (AvgIpc) is 3.61. The standard InChI is InChI=1S/C39H34N8O14/c1-40(2)34-26(44(53)54)11-19(12-27(34)45(55)56)42-36(49)23-7-6-22-24(32(23)38(42)51)15-25-33(31(22)18-9-17-10-21(48)5-8-30(17)61-16-18)39(52)43(37(25)50)20-13-28(46(57)58)35(41(3)4)29(14-20)47(59)60/h5-6,8,10-14,16,23-25,31-33,48H,7,9,15H2,1-4H3. The molecule has 61 heavy (non-hydrogen) atoms. The first-order valence-corrected chi connectivity index (χ1v) is 18.7. The zero-order valence-electron chi connectivity index (χ0n) is 32.6. The molecule has 5 aliphatic rings. The molecule has 3 aromatic rings. The third kappa shape index (κ3) is 6.08. The largest absolute Gasteiger partial charge is 0.508 e. The fourth-order valence-electron chi connectivity index (χ4n) is 9.83. The van der Waals surface area contributed by atoms with Gasteiger partial charge in [-0.05, 0) is 42.5 Å². The van der Waals surface area contributed by atoms with Crippen LogP contribution >= 0.6 is 0 Å². The Bertz CT molecular complexity index is 2570. The number of fused-ring (bicyclic) bond motifs is 5. The molecule has 3 heterocycles. The number of hydrogen-bond donors (Lipinski definition) is 1. The Kier molecular flexibility index (Phi) is 9.32. The number of rotatable bonds is 9. The molecular formula is C39H34N8O14. The number of benzene rings is 3. The van der Waals surface area contributed by atoms with E-state index in [2.05, 4.69) is 0 Å². The molecule has 3 aliphatic heterocycles. The van der Waals surface area contributed by atoms with Gasteiger partial charge in [-0.2, -0.15) is 0 Å². The van der Waals surface area contributed by atoms with E-state index in [9.17, 15) is 64.7 Å². The van der Waals surface area contributed by atoms with E-state index in [1.165, 1.54) is 62.5 Å². The zero-order valence-corrected chi connectivity index (χ0v) is 32.6. The summed E-state index contributed by atoms with van der Waals surface area (Å²) < 4.78 is 5.95. The molecule has 1 saturated carbocycles. The van der Waals surface area contributed by atoms with Crippen molar-refractivity contribution in [2.75, 3.05) is 47.8 Å². The maximum atomic E-state index is 14.8. The van der Waals surface area contributed by atoms with Crippen LogP contribution in [0.2, 0.25) is 0 Å². The van der Waals surface area contributed by atoms with Crippen molar-refractivity contribution in [1.82, 2.24) is 0 Å². The number of nitro benzene ring substituents is 4. The first kappa shape index (κ1) is 40.0. The summed E-state index contributed by atoms with van der Waals surface area (Å²) in [5.41, 5.74) is -3.03. The van der Waals surface area contributed by atoms with Gasteiger partial charge < -0.3 is 19.6 Å². The molecule has 0 radical (unpaired) electrons. The molecule has 22 nitrogen and oxygen atoms in total. The van der Waals surface area contributed by atoms with Gasteiger partial charge in [-0.1, -0.05) is 11.6 Å². The lowest BCUT2D eigenvalue weighted by Crippen LogP contribution is -2.45. The number of nitrogens with zero attached hydrogens (tertiary/aromatic N) is 8. The maximum Gasteiger partial charge on any atom is 0.301 e. The highest BCUT2D eigenvalue weighted by Gasteiger charge is 2.63. The van der Waals surface area contributed by atoms with E-state index in [0.29, 0.717) is 32.3 Å². The summed E-state index contributed by atoms with van der Waals surface area (Å²) in [6, 6.07) is 8.06. The molecule has 1 N–H and O–H groups in total. The third-order valence-corrected chi connectivity index (χ3v) is 12.1. The fourth-order valence-corrected chi connectivity index (χ4v) is 9.83. The average molecular weight is 839 g/mol. The van der Waals surface area contributed by atoms with Crippen molar-refractivity contribution in [3.63, 3.8) is 0 Å². The molecule has 314 valence electrons. The van der Waals surface area contributed by atoms with Crippen molar-refractivity contribution in [3.05, 3.63) is 112 Å². The quantitative estimate of drug-likeness (QED) is 0.134. The van der Waals surface area contributed by atoms with Gasteiger partial charge in [0, 0.05) is 70.4 Å². The van der Waals surface area contributed by atoms with Gasteiger partial charge in [-0.25, -0.2) is 9.80 Å². The third-order valence-electron chi connectivity index (χ3n) is 12.1. The Hall–Kier alpha value is -7.78. The van der Waals surface area contributed by atoms with Crippen LogP contribution in [0.25, 0.3) is 0 Å². The van der Waals surface area contributed by atoms with Crippen LogP contribution < -0.4 is 24.3 Å². The lowest BCUT2D eigenvalue weighted by Gasteiger charge is -2.45. The Morgan fingerprint density at radius 2 is 1.13 bits per heavy atom. The van der Waals surface area contributed by atoms with Crippen LogP contribution in [0.15, 0.2) is 65.9 Å². The summed E-state index contributed by atoms with van der Waals surface area (Å²) in [5, 5.41) is 59.2. The smallest absolute Gasteiger partial charge is 0.301 e. The van der Waals surface area contributed by atoms with Crippen LogP contribution in [0.5, 0.6) is 11.5 Å². The number of amides is 4. The number of hydrogen-bond acceptors (Lipinski definition) is 16. The van der Waals surface area contributed by atoms with E-state index in [1.54, 1.807) is 6.08 Å². The topological polar surface area (TPSA) is 283 Å². The summed E-state index contributed by atoms with van der Waals surface area (Å²) in [7, 11) is 5.44. The number of anilines is 4. The van der Waals surface area contributed by atoms with Crippen LogP contribution in [0.1, 0.15) is 18.4 Å². The Morgan fingerprint density at radius 1 is 0.656 bits per heavy atom. The SMILES string of the molecule is CN(C)c1c([N+](=O)[O-])cc(N2C(=O)C3CC=C4C(CC5C(=O)N(c6cc([N+](=O)[O-])c(N(C)C)c([N+](=O)[O-])c6)C(=O)C5C4C4=COc5ccc(O)cc5C4)C3C2=O)cc1[N+](=O)[O-]. The second-order valence-corrected chi connectivity index (χ2v) is 15.8. The van der Waals surface area contributed by atoms with Gasteiger partial charge in [-0.3, -0.25) is 59.6 Å². The number of allylic oxidation sites excluding steroid dienone is 3. The van der Waals surface area contributed by atoms with Gasteiger partial charge in [0.15, 0.2) is 11.4 Å². The molecule has 2 saturated heterocycles. The second kappa shape index (κ2) is 14.2. The highest BCUT2D eigenvalue weighted by atomic mass is 16.6. The number of ether oxygens (including phenoxy) is 1. The first-order valence-electron chi connectivity index (χ1n) is 18.7. The number of aromatic hydroxyl groups is 1. The first-order chi connectivity index (χ1) is 28.8. The lowest BCUT2D eigenvalue weighted by molar-refractivity contribution is -0.392. The molecule has 8 rings (SSSR count). The highest BCUT2D eigenvalue weighted by Crippen LogP contribution is 2.59. The van der Waals surface area contributed by atoms with E-state index >= 15 is 0 Å². The van der Waals surface area contributed by atoms with Crippen LogP contribution in [0, 0.1) is 76.0 Å². The van der Waals surface area contributed by atoms with Crippen LogP contribution in [0.4, 0.5) is 45.5 Å². The van der Waals surface area contributed by atoms with E-state index in [4.69, 9.17) is 4.74 Å². The number of phenols is 1. The molecule has 0 spiro atoms. The Labute approximate surface area is 343 Å². The van der Waals surface area contributed by atoms with Crippen LogP contribution in [-0.2, 0) is 25.6 Å². The number of nitro groups is 4. The van der Waals surface area contributed by atoms with Crippen molar-refractivity contribution >= 4 is 69.1 Å². The van der Waals surface area contributed by atoms with Gasteiger partial charge in [0.2, 0.25) is 23.6 Å². The van der Waals surface area contributed by atoms with Crippen molar-refractivity contribution < 1.29 is 48.7 Å². The number of phenolic OH excluding ortho intramolecular Hbond substituents is 1. The van der Waals surface area contributed by atoms with Crippen molar-refractivity contribution in [2.24, 2.45) is 35.5 Å². The van der Waals surface area contributed by atoms with Crippen molar-refractivity contribution in [1.29, 1.82) is 0 Å². The molecule has 3 aromatic carbocycles. The zero-order chi connectivity index (χ0) is 44.1. The fraction of sp³-hybridized carbons (Fsp3) is 0.333. The molecular weight excluding hydrogens is 804 g/mol. The molecule has 6 atom stereocenters. The number of carbonyl (C=O) groups excluding carboxylic acids is 4. The predicted molar refractivity (Wildman–Crippen MR) is 212 cm³/mol. The second-order valence-electron chi connectivity index (χ2n) is 15.8. The van der Waals surface area contributed by atoms with Gasteiger partial charge in [0.25, 0.3) is 0 Å². The van der Waals surface area contributed by atoms with Crippen LogP contribution in [0.3, 0.4) is 0 Å². The van der Waals surface area contributed by atoms with E-state index < -0.39 is 113 Å². The summed E-state index contributed by atoms with van der Waals surface area (Å²) >= 11 is 0. The normalized spacial score (nSPS) is 23.9. The number of imide groups is 2. The summed E-state index contributed by atoms with van der Waals surface area (Å²) in [5.74, 6) is -9.68. The molecule has 6 unspecified atom stereocenters. The van der Waals surface area contributed by atoms with Gasteiger partial charge in [0.05, 0.1) is 61.0 Å². The highest BCUT2D eigenvalue weighted by molar-refractivity contribution is 6.24. The van der Waals surface area contributed by atoms with Gasteiger partial charge in [-0.15, -0.1) is 0 Å². The van der Waals surface area contributed by atoms with E-state index in [0.717, 1.165) is 24.3 Å². The summed E-state index contributed by atoms with van der Waals surface area (Å²) in [6.07, 6.45) is 2.93. The Balaban J connectivity index is 1.25. The maximum absolute atomic E-state index is 14.8. The molecule has 0 bridgehead atoms. The van der Waals surface area contributed by atoms with Crippen molar-refractivity contribution in [3.8, 4) is 11.5 Å².